The second kappa shape index (κ2) is 5.43. The van der Waals surface area contributed by atoms with Crippen LogP contribution in [0.2, 0.25) is 0 Å². The quantitative estimate of drug-likeness (QED) is 0.778. The van der Waals surface area contributed by atoms with E-state index in [2.05, 4.69) is 31.2 Å². The van der Waals surface area contributed by atoms with Gasteiger partial charge in [0.1, 0.15) is 0 Å². The largest absolute Gasteiger partial charge is 0.392 e. The Bertz CT molecular complexity index is 736. The Morgan fingerprint density at radius 1 is 1.00 bits per heavy atom. The number of aliphatic hydroxyl groups is 1. The van der Waals surface area contributed by atoms with E-state index in [1.54, 1.807) is 0 Å². The van der Waals surface area contributed by atoms with E-state index in [9.17, 15) is 5.11 Å². The van der Waals surface area contributed by atoms with E-state index in [1.165, 1.54) is 5.56 Å². The lowest BCUT2D eigenvalue weighted by atomic mass is 9.95. The van der Waals surface area contributed by atoms with Gasteiger partial charge >= 0.3 is 0 Å². The Labute approximate surface area is 118 Å². The maximum Gasteiger partial charge on any atom is 0.0705 e. The molecule has 0 amide bonds. The first-order valence-corrected chi connectivity index (χ1v) is 6.83. The van der Waals surface area contributed by atoms with Gasteiger partial charge in [0.2, 0.25) is 0 Å². The van der Waals surface area contributed by atoms with Crippen LogP contribution in [0.4, 0.5) is 0 Å². The fraction of sp³-hybridized carbons (Fsp3) is 0.167. The third-order valence-electron chi connectivity index (χ3n) is 3.70. The minimum atomic E-state index is 0.0751. The summed E-state index contributed by atoms with van der Waals surface area (Å²) in [5.74, 6) is 0.214. The van der Waals surface area contributed by atoms with Crippen LogP contribution in [0.3, 0.4) is 0 Å². The Kier molecular flexibility index (Phi) is 3.48. The molecular formula is C18H17NO. The lowest BCUT2D eigenvalue weighted by molar-refractivity contribution is 0.281. The molecule has 2 nitrogen and oxygen atoms in total. The van der Waals surface area contributed by atoms with Crippen molar-refractivity contribution < 1.29 is 5.11 Å². The second-order valence-electron chi connectivity index (χ2n) is 5.05. The third-order valence-corrected chi connectivity index (χ3v) is 3.70. The lowest BCUT2D eigenvalue weighted by Gasteiger charge is -2.13. The molecule has 20 heavy (non-hydrogen) atoms. The highest BCUT2D eigenvalue weighted by Gasteiger charge is 2.10. The van der Waals surface area contributed by atoms with Gasteiger partial charge in [-0.3, -0.25) is 4.98 Å². The summed E-state index contributed by atoms with van der Waals surface area (Å²) in [7, 11) is 0. The summed E-state index contributed by atoms with van der Waals surface area (Å²) >= 11 is 0. The Balaban J connectivity index is 2.00. The van der Waals surface area contributed by atoms with Crippen LogP contribution >= 0.6 is 0 Å². The number of rotatable bonds is 3. The fourth-order valence-electron chi connectivity index (χ4n) is 2.45. The van der Waals surface area contributed by atoms with Gasteiger partial charge in [-0.1, -0.05) is 55.5 Å². The van der Waals surface area contributed by atoms with Crippen molar-refractivity contribution in [1.82, 2.24) is 4.98 Å². The van der Waals surface area contributed by atoms with Crippen molar-refractivity contribution in [2.75, 3.05) is 0 Å². The maximum absolute atomic E-state index is 9.24. The number of hydrogen-bond donors (Lipinski definition) is 1. The molecule has 0 saturated heterocycles. The molecule has 0 spiro atoms. The molecule has 2 aromatic carbocycles. The predicted octanol–water partition coefficient (Wildman–Crippen LogP) is 3.88. The molecule has 100 valence electrons. The summed E-state index contributed by atoms with van der Waals surface area (Å²) < 4.78 is 0. The molecule has 1 aromatic heterocycles. The number of aromatic nitrogens is 1. The van der Waals surface area contributed by atoms with Gasteiger partial charge in [0.05, 0.1) is 12.1 Å². The van der Waals surface area contributed by atoms with Crippen LogP contribution in [0, 0.1) is 0 Å². The predicted molar refractivity (Wildman–Crippen MR) is 81.6 cm³/mol. The van der Waals surface area contributed by atoms with Gasteiger partial charge < -0.3 is 5.11 Å². The second-order valence-corrected chi connectivity index (χ2v) is 5.05. The van der Waals surface area contributed by atoms with Crippen molar-refractivity contribution >= 4 is 10.9 Å². The van der Waals surface area contributed by atoms with Gasteiger partial charge in [0, 0.05) is 17.0 Å². The molecule has 0 radical (unpaired) electrons. The van der Waals surface area contributed by atoms with E-state index in [0.717, 1.165) is 22.2 Å². The molecule has 3 rings (SSSR count). The number of nitrogens with zero attached hydrogens (tertiary/aromatic N) is 1. The minimum absolute atomic E-state index is 0.0751. The first-order valence-electron chi connectivity index (χ1n) is 6.83. The Hall–Kier alpha value is -2.19. The maximum atomic E-state index is 9.24. The number of benzene rings is 2. The minimum Gasteiger partial charge on any atom is -0.392 e. The molecule has 2 heteroatoms. The highest BCUT2D eigenvalue weighted by atomic mass is 16.3. The van der Waals surface area contributed by atoms with Crippen LogP contribution in [0.1, 0.15) is 29.7 Å². The molecule has 3 aromatic rings. The summed E-state index contributed by atoms with van der Waals surface area (Å²) in [4.78, 5) is 4.74. The lowest BCUT2D eigenvalue weighted by Crippen LogP contribution is -2.00. The zero-order valence-corrected chi connectivity index (χ0v) is 11.5. The first kappa shape index (κ1) is 12.8. The first-order chi connectivity index (χ1) is 9.78. The highest BCUT2D eigenvalue weighted by molar-refractivity contribution is 5.78. The summed E-state index contributed by atoms with van der Waals surface area (Å²) in [6.07, 6.45) is 0. The van der Waals surface area contributed by atoms with Gasteiger partial charge in [-0.25, -0.2) is 0 Å². The monoisotopic (exact) mass is 263 g/mol. The van der Waals surface area contributed by atoms with E-state index in [4.69, 9.17) is 4.98 Å². The van der Waals surface area contributed by atoms with E-state index >= 15 is 0 Å². The SMILES string of the molecule is CC(c1cccc(CO)c1)c1ccc2ccccc2n1. The number of fused-ring (bicyclic) bond motifs is 1. The van der Waals surface area contributed by atoms with Crippen LogP contribution in [-0.4, -0.2) is 10.1 Å². The zero-order valence-electron chi connectivity index (χ0n) is 11.5. The average Bonchev–Trinajstić information content (AvgIpc) is 2.53. The Morgan fingerprint density at radius 2 is 1.85 bits per heavy atom. The summed E-state index contributed by atoms with van der Waals surface area (Å²) in [5.41, 5.74) is 4.20. The molecule has 0 aliphatic rings. The van der Waals surface area contributed by atoms with Crippen molar-refractivity contribution in [3.8, 4) is 0 Å². The molecular weight excluding hydrogens is 246 g/mol. The van der Waals surface area contributed by atoms with Gasteiger partial charge in [-0.15, -0.1) is 0 Å². The molecule has 1 N–H and O–H groups in total. The zero-order chi connectivity index (χ0) is 13.9. The van der Waals surface area contributed by atoms with Crippen molar-refractivity contribution in [2.45, 2.75) is 19.4 Å². The van der Waals surface area contributed by atoms with Crippen molar-refractivity contribution in [3.05, 3.63) is 77.5 Å². The fourth-order valence-corrected chi connectivity index (χ4v) is 2.45. The smallest absolute Gasteiger partial charge is 0.0705 e. The van der Waals surface area contributed by atoms with E-state index in [1.807, 2.05) is 36.4 Å². The molecule has 0 aliphatic heterocycles. The van der Waals surface area contributed by atoms with Crippen LogP contribution < -0.4 is 0 Å². The van der Waals surface area contributed by atoms with Crippen molar-refractivity contribution in [2.24, 2.45) is 0 Å². The average molecular weight is 263 g/mol. The number of hydrogen-bond acceptors (Lipinski definition) is 2. The topological polar surface area (TPSA) is 33.1 Å². The number of para-hydroxylation sites is 1. The number of pyridine rings is 1. The van der Waals surface area contributed by atoms with Gasteiger partial charge in [0.25, 0.3) is 0 Å². The summed E-state index contributed by atoms with van der Waals surface area (Å²) in [6.45, 7) is 2.22. The third kappa shape index (κ3) is 2.43. The molecule has 0 bridgehead atoms. The standard InChI is InChI=1S/C18H17NO/c1-13(16-7-4-5-14(11-16)12-20)17-10-9-15-6-2-3-8-18(15)19-17/h2-11,13,20H,12H2,1H3. The highest BCUT2D eigenvalue weighted by Crippen LogP contribution is 2.25. The van der Waals surface area contributed by atoms with Gasteiger partial charge in [-0.2, -0.15) is 0 Å². The molecule has 0 saturated carbocycles. The normalized spacial score (nSPS) is 12.5. The van der Waals surface area contributed by atoms with Gasteiger partial charge in [-0.05, 0) is 23.3 Å². The van der Waals surface area contributed by atoms with Crippen LogP contribution in [0.5, 0.6) is 0 Å². The molecule has 0 aliphatic carbocycles. The molecule has 1 heterocycles. The van der Waals surface area contributed by atoms with Gasteiger partial charge in [0.15, 0.2) is 0 Å². The van der Waals surface area contributed by atoms with E-state index in [0.29, 0.717) is 0 Å². The Morgan fingerprint density at radius 3 is 2.70 bits per heavy atom. The van der Waals surface area contributed by atoms with Crippen LogP contribution in [0.15, 0.2) is 60.7 Å². The van der Waals surface area contributed by atoms with Crippen LogP contribution in [0.25, 0.3) is 10.9 Å². The van der Waals surface area contributed by atoms with E-state index in [-0.39, 0.29) is 12.5 Å². The van der Waals surface area contributed by atoms with E-state index < -0.39 is 0 Å². The number of aliphatic hydroxyl groups excluding tert-OH is 1. The summed E-state index contributed by atoms with van der Waals surface area (Å²) in [6, 6.07) is 20.4. The summed E-state index contributed by atoms with van der Waals surface area (Å²) in [5, 5.41) is 10.4. The molecule has 0 fully saturated rings. The van der Waals surface area contributed by atoms with Crippen molar-refractivity contribution in [1.29, 1.82) is 0 Å². The molecule has 1 unspecified atom stereocenters. The molecule has 1 atom stereocenters. The van der Waals surface area contributed by atoms with Crippen molar-refractivity contribution in [3.63, 3.8) is 0 Å². The van der Waals surface area contributed by atoms with Crippen LogP contribution in [-0.2, 0) is 6.61 Å².